The standard InChI is InChI=1S/C11H9BrN2O3S/c12-8-2-1-7(4-13)9(3-8)14-10(15)5-18-6-11(16)17/h1-3H,5-6H2,(H,14,15)(H,16,17). The molecule has 2 N–H and O–H groups in total. The fraction of sp³-hybridized carbons (Fsp3) is 0.182. The van der Waals surface area contributed by atoms with Gasteiger partial charge in [0.05, 0.1) is 22.8 Å². The zero-order chi connectivity index (χ0) is 13.5. The minimum Gasteiger partial charge on any atom is -0.481 e. The molecule has 1 rings (SSSR count). The second-order valence-corrected chi connectivity index (χ2v) is 5.14. The zero-order valence-electron chi connectivity index (χ0n) is 9.14. The molecule has 0 aromatic heterocycles. The van der Waals surface area contributed by atoms with Crippen molar-refractivity contribution >= 4 is 45.3 Å². The summed E-state index contributed by atoms with van der Waals surface area (Å²) in [5, 5.41) is 19.9. The first-order chi connectivity index (χ1) is 8.52. The number of benzene rings is 1. The maximum absolute atomic E-state index is 11.5. The second kappa shape index (κ2) is 7.03. The van der Waals surface area contributed by atoms with Crippen molar-refractivity contribution in [2.75, 3.05) is 16.8 Å². The summed E-state index contributed by atoms with van der Waals surface area (Å²) in [4.78, 5) is 21.8. The van der Waals surface area contributed by atoms with E-state index < -0.39 is 5.97 Å². The molecule has 0 fully saturated rings. The fourth-order valence-electron chi connectivity index (χ4n) is 1.13. The van der Waals surface area contributed by atoms with Crippen LogP contribution in [0, 0.1) is 11.3 Å². The number of rotatable bonds is 5. The summed E-state index contributed by atoms with van der Waals surface area (Å²) >= 11 is 4.24. The lowest BCUT2D eigenvalue weighted by molar-refractivity contribution is -0.133. The number of carbonyl (C=O) groups excluding carboxylic acids is 1. The lowest BCUT2D eigenvalue weighted by Gasteiger charge is -2.06. The number of hydrogen-bond donors (Lipinski definition) is 2. The highest BCUT2D eigenvalue weighted by molar-refractivity contribution is 9.10. The highest BCUT2D eigenvalue weighted by Gasteiger charge is 2.08. The molecule has 0 unspecified atom stereocenters. The summed E-state index contributed by atoms with van der Waals surface area (Å²) in [6.07, 6.45) is 0. The highest BCUT2D eigenvalue weighted by Crippen LogP contribution is 2.21. The molecule has 5 nitrogen and oxygen atoms in total. The van der Waals surface area contributed by atoms with Crippen molar-refractivity contribution in [3.05, 3.63) is 28.2 Å². The number of nitriles is 1. The lowest BCUT2D eigenvalue weighted by Crippen LogP contribution is -2.16. The topological polar surface area (TPSA) is 90.2 Å². The number of nitrogens with zero attached hydrogens (tertiary/aromatic N) is 1. The van der Waals surface area contributed by atoms with E-state index in [4.69, 9.17) is 10.4 Å². The SMILES string of the molecule is N#Cc1ccc(Br)cc1NC(=O)CSCC(=O)O. The summed E-state index contributed by atoms with van der Waals surface area (Å²) in [7, 11) is 0. The lowest BCUT2D eigenvalue weighted by atomic mass is 10.2. The molecule has 0 atom stereocenters. The summed E-state index contributed by atoms with van der Waals surface area (Å²) in [5.74, 6) is -1.40. The van der Waals surface area contributed by atoms with Gasteiger partial charge in [-0.25, -0.2) is 0 Å². The molecule has 0 spiro atoms. The van der Waals surface area contributed by atoms with Crippen LogP contribution in [-0.4, -0.2) is 28.5 Å². The van der Waals surface area contributed by atoms with Gasteiger partial charge in [0.2, 0.25) is 5.91 Å². The van der Waals surface area contributed by atoms with Crippen LogP contribution < -0.4 is 5.32 Å². The van der Waals surface area contributed by atoms with Crippen molar-refractivity contribution in [3.8, 4) is 6.07 Å². The van der Waals surface area contributed by atoms with Crippen LogP contribution in [0.4, 0.5) is 5.69 Å². The molecule has 0 aliphatic carbocycles. The van der Waals surface area contributed by atoms with Gasteiger partial charge in [0.15, 0.2) is 0 Å². The Kier molecular flexibility index (Phi) is 5.68. The van der Waals surface area contributed by atoms with E-state index in [0.717, 1.165) is 16.2 Å². The molecule has 1 amide bonds. The Morgan fingerprint density at radius 1 is 1.44 bits per heavy atom. The van der Waals surface area contributed by atoms with Gasteiger partial charge in [-0.1, -0.05) is 15.9 Å². The Morgan fingerprint density at radius 3 is 2.78 bits per heavy atom. The van der Waals surface area contributed by atoms with E-state index in [-0.39, 0.29) is 17.4 Å². The van der Waals surface area contributed by atoms with Crippen molar-refractivity contribution < 1.29 is 14.7 Å². The van der Waals surface area contributed by atoms with Crippen LogP contribution in [0.1, 0.15) is 5.56 Å². The summed E-state index contributed by atoms with van der Waals surface area (Å²) < 4.78 is 0.745. The van der Waals surface area contributed by atoms with Crippen molar-refractivity contribution in [2.45, 2.75) is 0 Å². The number of aliphatic carboxylic acids is 1. The number of halogens is 1. The molecule has 1 aromatic rings. The predicted octanol–water partition coefficient (Wildman–Crippen LogP) is 2.08. The molecule has 0 saturated heterocycles. The average molecular weight is 329 g/mol. The number of anilines is 1. The fourth-order valence-corrected chi connectivity index (χ4v) is 2.03. The first kappa shape index (κ1) is 14.5. The Bertz CT molecular complexity index is 514. The van der Waals surface area contributed by atoms with Gasteiger partial charge in [-0.15, -0.1) is 11.8 Å². The summed E-state index contributed by atoms with van der Waals surface area (Å²) in [6, 6.07) is 6.88. The monoisotopic (exact) mass is 328 g/mol. The molecule has 0 radical (unpaired) electrons. The molecule has 94 valence electrons. The van der Waals surface area contributed by atoms with Crippen molar-refractivity contribution in [1.82, 2.24) is 0 Å². The zero-order valence-corrected chi connectivity index (χ0v) is 11.5. The summed E-state index contributed by atoms with van der Waals surface area (Å²) in [5.41, 5.74) is 0.766. The van der Waals surface area contributed by atoms with Crippen LogP contribution in [0.5, 0.6) is 0 Å². The number of hydrogen-bond acceptors (Lipinski definition) is 4. The van der Waals surface area contributed by atoms with E-state index in [1.165, 1.54) is 0 Å². The number of amides is 1. The Balaban J connectivity index is 2.61. The van der Waals surface area contributed by atoms with E-state index in [1.54, 1.807) is 18.2 Å². The first-order valence-electron chi connectivity index (χ1n) is 4.82. The van der Waals surface area contributed by atoms with E-state index >= 15 is 0 Å². The normalized spacial score (nSPS) is 9.56. The van der Waals surface area contributed by atoms with Crippen molar-refractivity contribution in [3.63, 3.8) is 0 Å². The van der Waals surface area contributed by atoms with Gasteiger partial charge in [-0.2, -0.15) is 5.26 Å². The van der Waals surface area contributed by atoms with Crippen LogP contribution in [0.3, 0.4) is 0 Å². The van der Waals surface area contributed by atoms with Gasteiger partial charge in [-0.05, 0) is 18.2 Å². The number of nitrogens with one attached hydrogen (secondary N) is 1. The molecule has 1 aromatic carbocycles. The van der Waals surface area contributed by atoms with Gasteiger partial charge in [-0.3, -0.25) is 9.59 Å². The van der Waals surface area contributed by atoms with Crippen molar-refractivity contribution in [1.29, 1.82) is 5.26 Å². The quantitative estimate of drug-likeness (QED) is 0.863. The summed E-state index contributed by atoms with van der Waals surface area (Å²) in [6.45, 7) is 0. The molecular weight excluding hydrogens is 320 g/mol. The Hall–Kier alpha value is -1.52. The van der Waals surface area contributed by atoms with Crippen LogP contribution in [-0.2, 0) is 9.59 Å². The van der Waals surface area contributed by atoms with E-state index in [9.17, 15) is 9.59 Å². The number of thioether (sulfide) groups is 1. The van der Waals surface area contributed by atoms with Gasteiger partial charge in [0, 0.05) is 4.47 Å². The predicted molar refractivity (Wildman–Crippen MR) is 72.4 cm³/mol. The molecule has 7 heteroatoms. The smallest absolute Gasteiger partial charge is 0.313 e. The molecule has 0 saturated carbocycles. The number of carbonyl (C=O) groups is 2. The van der Waals surface area contributed by atoms with Crippen LogP contribution in [0.25, 0.3) is 0 Å². The Morgan fingerprint density at radius 2 is 2.17 bits per heavy atom. The molecule has 0 aliphatic heterocycles. The third-order valence-electron chi connectivity index (χ3n) is 1.83. The van der Waals surface area contributed by atoms with Crippen LogP contribution in [0.2, 0.25) is 0 Å². The van der Waals surface area contributed by atoms with E-state index in [0.29, 0.717) is 11.3 Å². The van der Waals surface area contributed by atoms with Crippen LogP contribution >= 0.6 is 27.7 Å². The first-order valence-corrected chi connectivity index (χ1v) is 6.76. The van der Waals surface area contributed by atoms with Gasteiger partial charge < -0.3 is 10.4 Å². The molecule has 0 heterocycles. The largest absolute Gasteiger partial charge is 0.481 e. The molecule has 18 heavy (non-hydrogen) atoms. The molecule has 0 bridgehead atoms. The minimum absolute atomic E-state index is 0.0314. The van der Waals surface area contributed by atoms with Gasteiger partial charge >= 0.3 is 5.97 Å². The third kappa shape index (κ3) is 4.77. The molecular formula is C11H9BrN2O3S. The average Bonchev–Trinajstić information content (AvgIpc) is 2.28. The van der Waals surface area contributed by atoms with Crippen LogP contribution in [0.15, 0.2) is 22.7 Å². The second-order valence-electron chi connectivity index (χ2n) is 3.24. The van der Waals surface area contributed by atoms with E-state index in [1.807, 2.05) is 6.07 Å². The number of carboxylic acid groups (broad SMARTS) is 1. The Labute approximate surface area is 116 Å². The van der Waals surface area contributed by atoms with E-state index in [2.05, 4.69) is 21.2 Å². The van der Waals surface area contributed by atoms with Gasteiger partial charge in [0.1, 0.15) is 6.07 Å². The highest BCUT2D eigenvalue weighted by atomic mass is 79.9. The third-order valence-corrected chi connectivity index (χ3v) is 3.25. The maximum atomic E-state index is 11.5. The van der Waals surface area contributed by atoms with Crippen molar-refractivity contribution in [2.24, 2.45) is 0 Å². The minimum atomic E-state index is -0.965. The maximum Gasteiger partial charge on any atom is 0.313 e. The molecule has 0 aliphatic rings. The van der Waals surface area contributed by atoms with Gasteiger partial charge in [0.25, 0.3) is 0 Å². The number of carboxylic acids is 1.